The van der Waals surface area contributed by atoms with Crippen LogP contribution in [0.5, 0.6) is 0 Å². The van der Waals surface area contributed by atoms with Crippen molar-refractivity contribution in [2.24, 2.45) is 12.0 Å². The van der Waals surface area contributed by atoms with E-state index >= 15 is 0 Å². The molecular weight excluding hydrogens is 330 g/mol. The van der Waals surface area contributed by atoms with Gasteiger partial charge in [-0.2, -0.15) is 5.10 Å². The van der Waals surface area contributed by atoms with E-state index in [9.17, 15) is 4.79 Å². The zero-order valence-corrected chi connectivity index (χ0v) is 17.4. The number of carbonyl (C=O) groups is 1. The number of hydrogen-bond donors (Lipinski definition) is 1. The quantitative estimate of drug-likeness (QED) is 0.518. The molecule has 0 saturated heterocycles. The van der Waals surface area contributed by atoms with Crippen LogP contribution in [-0.2, 0) is 11.8 Å². The number of carbonyl (C=O) groups excluding carboxylic acids is 1. The Morgan fingerprint density at radius 3 is 2.38 bits per heavy atom. The third-order valence-corrected chi connectivity index (χ3v) is 4.33. The Bertz CT molecular complexity index is 578. The van der Waals surface area contributed by atoms with Crippen molar-refractivity contribution >= 4 is 11.9 Å². The number of hydrogen-bond acceptors (Lipinski definition) is 4. The van der Waals surface area contributed by atoms with Gasteiger partial charge in [-0.25, -0.2) is 0 Å². The second-order valence-electron chi connectivity index (χ2n) is 6.54. The molecule has 0 fully saturated rings. The lowest BCUT2D eigenvalue weighted by Gasteiger charge is -2.27. The molecule has 0 aliphatic carbocycles. The number of aryl methyl sites for hydroxylation is 1. The summed E-state index contributed by atoms with van der Waals surface area (Å²) in [6.45, 7) is 9.12. The molecule has 1 heterocycles. The fraction of sp³-hybridized carbons (Fsp3) is 0.722. The van der Waals surface area contributed by atoms with Crippen molar-refractivity contribution in [2.45, 2.75) is 26.8 Å². The van der Waals surface area contributed by atoms with Gasteiger partial charge in [-0.3, -0.25) is 14.5 Å². The van der Waals surface area contributed by atoms with Crippen LogP contribution in [-0.4, -0.2) is 90.2 Å². The van der Waals surface area contributed by atoms with E-state index in [2.05, 4.69) is 15.3 Å². The van der Waals surface area contributed by atoms with Crippen molar-refractivity contribution in [3.8, 4) is 0 Å². The van der Waals surface area contributed by atoms with Crippen LogP contribution in [0.25, 0.3) is 0 Å². The normalized spacial score (nSPS) is 13.0. The van der Waals surface area contributed by atoms with Crippen LogP contribution in [0.1, 0.15) is 32.4 Å². The Balaban J connectivity index is 2.87. The minimum Gasteiger partial charge on any atom is -0.357 e. The fourth-order valence-electron chi connectivity index (χ4n) is 2.78. The molecule has 8 heteroatoms. The van der Waals surface area contributed by atoms with Crippen molar-refractivity contribution in [1.29, 1.82) is 0 Å². The van der Waals surface area contributed by atoms with Gasteiger partial charge in [-0.1, -0.05) is 0 Å². The summed E-state index contributed by atoms with van der Waals surface area (Å²) in [7, 11) is 7.88. The van der Waals surface area contributed by atoms with Gasteiger partial charge in [-0.15, -0.1) is 0 Å². The summed E-state index contributed by atoms with van der Waals surface area (Å²) < 4.78 is 1.80. The molecule has 0 spiro atoms. The van der Waals surface area contributed by atoms with Crippen LogP contribution in [0.2, 0.25) is 0 Å². The monoisotopic (exact) mass is 365 g/mol. The van der Waals surface area contributed by atoms with E-state index in [-0.39, 0.29) is 11.9 Å². The zero-order chi connectivity index (χ0) is 19.7. The van der Waals surface area contributed by atoms with Crippen molar-refractivity contribution in [2.75, 3.05) is 53.9 Å². The average molecular weight is 366 g/mol. The molecule has 8 nitrogen and oxygen atoms in total. The molecule has 0 aromatic carbocycles. The standard InChI is InChI=1S/C18H35N7O/c1-8-19-18(23(6)14-17(26)25(9-2)10-3)20-12-16(22(4)5)15-11-21-24(7)13-15/h11,13,16H,8-10,12,14H2,1-7H3,(H,19,20). The number of amides is 1. The fourth-order valence-corrected chi connectivity index (χ4v) is 2.78. The second-order valence-corrected chi connectivity index (χ2v) is 6.54. The van der Waals surface area contributed by atoms with E-state index in [4.69, 9.17) is 4.99 Å². The molecule has 0 radical (unpaired) electrons. The van der Waals surface area contributed by atoms with E-state index in [1.54, 1.807) is 4.68 Å². The molecule has 0 bridgehead atoms. The maximum Gasteiger partial charge on any atom is 0.242 e. The van der Waals surface area contributed by atoms with Gasteiger partial charge in [0.2, 0.25) is 5.91 Å². The smallest absolute Gasteiger partial charge is 0.242 e. The maximum atomic E-state index is 12.4. The molecule has 0 saturated carbocycles. The van der Waals surface area contributed by atoms with Gasteiger partial charge in [0.25, 0.3) is 0 Å². The van der Waals surface area contributed by atoms with Gasteiger partial charge in [0.05, 0.1) is 25.3 Å². The van der Waals surface area contributed by atoms with Gasteiger partial charge in [0.1, 0.15) is 0 Å². The lowest BCUT2D eigenvalue weighted by Crippen LogP contribution is -2.46. The summed E-state index contributed by atoms with van der Waals surface area (Å²) in [5.41, 5.74) is 1.12. The number of nitrogens with one attached hydrogen (secondary N) is 1. The van der Waals surface area contributed by atoms with E-state index < -0.39 is 0 Å². The molecule has 1 amide bonds. The predicted octanol–water partition coefficient (Wildman–Crippen LogP) is 0.789. The number of aliphatic imine (C=N–C) groups is 1. The molecule has 1 atom stereocenters. The van der Waals surface area contributed by atoms with E-state index in [1.165, 1.54) is 0 Å². The molecule has 1 unspecified atom stereocenters. The van der Waals surface area contributed by atoms with Gasteiger partial charge in [0.15, 0.2) is 5.96 Å². The molecular formula is C18H35N7O. The number of rotatable bonds is 9. The molecule has 1 aromatic heterocycles. The minimum atomic E-state index is 0.111. The first-order chi connectivity index (χ1) is 12.3. The highest BCUT2D eigenvalue weighted by Crippen LogP contribution is 2.17. The Labute approximate surface area is 157 Å². The van der Waals surface area contributed by atoms with Gasteiger partial charge in [-0.05, 0) is 34.9 Å². The Kier molecular flexibility index (Phi) is 9.12. The first-order valence-electron chi connectivity index (χ1n) is 9.26. The third kappa shape index (κ3) is 6.33. The summed E-state index contributed by atoms with van der Waals surface area (Å²) >= 11 is 0. The lowest BCUT2D eigenvalue weighted by molar-refractivity contribution is -0.131. The SMILES string of the molecule is CCNC(=NCC(c1cnn(C)c1)N(C)C)N(C)CC(=O)N(CC)CC. The highest BCUT2D eigenvalue weighted by Gasteiger charge is 2.18. The van der Waals surface area contributed by atoms with Crippen LogP contribution in [0.4, 0.5) is 0 Å². The van der Waals surface area contributed by atoms with Gasteiger partial charge < -0.3 is 20.0 Å². The Hall–Kier alpha value is -2.09. The molecule has 26 heavy (non-hydrogen) atoms. The van der Waals surface area contributed by atoms with Gasteiger partial charge in [0, 0.05) is 45.5 Å². The average Bonchev–Trinajstić information content (AvgIpc) is 3.00. The van der Waals surface area contributed by atoms with Crippen molar-refractivity contribution in [1.82, 2.24) is 29.8 Å². The minimum absolute atomic E-state index is 0.111. The summed E-state index contributed by atoms with van der Waals surface area (Å²) in [6.07, 6.45) is 3.89. The van der Waals surface area contributed by atoms with Crippen LogP contribution < -0.4 is 5.32 Å². The van der Waals surface area contributed by atoms with Crippen LogP contribution in [0.15, 0.2) is 17.4 Å². The van der Waals surface area contributed by atoms with Crippen LogP contribution >= 0.6 is 0 Å². The highest BCUT2D eigenvalue weighted by atomic mass is 16.2. The molecule has 0 aliphatic rings. The molecule has 1 N–H and O–H groups in total. The van der Waals surface area contributed by atoms with Gasteiger partial charge >= 0.3 is 0 Å². The number of aromatic nitrogens is 2. The molecule has 148 valence electrons. The topological polar surface area (TPSA) is 69.0 Å². The maximum absolute atomic E-state index is 12.4. The Morgan fingerprint density at radius 2 is 1.92 bits per heavy atom. The number of guanidine groups is 1. The highest BCUT2D eigenvalue weighted by molar-refractivity contribution is 5.86. The summed E-state index contributed by atoms with van der Waals surface area (Å²) in [5, 5.41) is 7.54. The first-order valence-corrected chi connectivity index (χ1v) is 9.26. The summed E-state index contributed by atoms with van der Waals surface area (Å²) in [6, 6.07) is 0.129. The number of likely N-dealkylation sites (N-methyl/N-ethyl adjacent to an activating group) is 3. The van der Waals surface area contributed by atoms with Crippen molar-refractivity contribution < 1.29 is 4.79 Å². The van der Waals surface area contributed by atoms with Crippen LogP contribution in [0, 0.1) is 0 Å². The lowest BCUT2D eigenvalue weighted by atomic mass is 10.1. The van der Waals surface area contributed by atoms with Crippen molar-refractivity contribution in [3.05, 3.63) is 18.0 Å². The predicted molar refractivity (Wildman–Crippen MR) is 106 cm³/mol. The second kappa shape index (κ2) is 10.8. The molecule has 1 aromatic rings. The zero-order valence-electron chi connectivity index (χ0n) is 17.4. The van der Waals surface area contributed by atoms with Crippen molar-refractivity contribution in [3.63, 3.8) is 0 Å². The summed E-state index contributed by atoms with van der Waals surface area (Å²) in [5.74, 6) is 0.850. The third-order valence-electron chi connectivity index (χ3n) is 4.33. The summed E-state index contributed by atoms with van der Waals surface area (Å²) in [4.78, 5) is 23.0. The Morgan fingerprint density at radius 1 is 1.27 bits per heavy atom. The largest absolute Gasteiger partial charge is 0.357 e. The van der Waals surface area contributed by atoms with Crippen LogP contribution in [0.3, 0.4) is 0 Å². The van der Waals surface area contributed by atoms with E-state index in [0.29, 0.717) is 13.1 Å². The molecule has 0 aliphatic heterocycles. The number of nitrogens with zero attached hydrogens (tertiary/aromatic N) is 6. The van der Waals surface area contributed by atoms with E-state index in [0.717, 1.165) is 31.2 Å². The van der Waals surface area contributed by atoms with E-state index in [1.807, 2.05) is 71.2 Å². The molecule has 1 rings (SSSR count). The first kappa shape index (κ1) is 22.0.